The van der Waals surface area contributed by atoms with Crippen molar-refractivity contribution in [3.63, 3.8) is 0 Å². The number of nitrogens with two attached hydrogens (primary N) is 1. The van der Waals surface area contributed by atoms with Crippen LogP contribution >= 0.6 is 0 Å². The van der Waals surface area contributed by atoms with Crippen LogP contribution in [0.3, 0.4) is 0 Å². The van der Waals surface area contributed by atoms with Gasteiger partial charge in [-0.2, -0.15) is 18.3 Å². The Hall–Kier alpha value is -4.97. The summed E-state index contributed by atoms with van der Waals surface area (Å²) in [5.41, 5.74) is 5.31. The summed E-state index contributed by atoms with van der Waals surface area (Å²) < 4.78 is 59.2. The molecule has 1 aliphatic heterocycles. The van der Waals surface area contributed by atoms with Crippen LogP contribution in [0.15, 0.2) is 36.9 Å². The largest absolute Gasteiger partial charge is 0.435 e. The standard InChI is InChI=1S/C30H29F4N9O2/c1-3-5-42-16-21(25(39-42)30(32,33)34)23-15-37-27-26(36-4-6-43(23)27)38-20-11-17(2)24(22(31)14-20)29(45)41-9-7-40(8-10-41)28(44)18-12-19(35)13-18/h1,4,6,11,14-16,18-19H,5,7-10,12-13,35H2,2H3,(H,36,38)/t18-,19+. The van der Waals surface area contributed by atoms with Gasteiger partial charge in [0.15, 0.2) is 17.2 Å². The summed E-state index contributed by atoms with van der Waals surface area (Å²) in [7, 11) is 0. The molecule has 0 radical (unpaired) electrons. The van der Waals surface area contributed by atoms with E-state index in [2.05, 4.69) is 26.3 Å². The lowest BCUT2D eigenvalue weighted by Crippen LogP contribution is -2.54. The number of aryl methyl sites for hydroxylation is 1. The summed E-state index contributed by atoms with van der Waals surface area (Å²) in [6.07, 6.45) is 7.15. The number of hydrogen-bond acceptors (Lipinski definition) is 7. The molecule has 1 saturated carbocycles. The molecule has 3 aromatic heterocycles. The Morgan fingerprint density at radius 3 is 2.49 bits per heavy atom. The van der Waals surface area contributed by atoms with E-state index in [-0.39, 0.29) is 71.5 Å². The third kappa shape index (κ3) is 5.68. The van der Waals surface area contributed by atoms with Crippen LogP contribution in [-0.4, -0.2) is 78.0 Å². The number of amides is 2. The van der Waals surface area contributed by atoms with Crippen molar-refractivity contribution in [3.05, 3.63) is 59.6 Å². The van der Waals surface area contributed by atoms with E-state index in [4.69, 9.17) is 12.2 Å². The van der Waals surface area contributed by atoms with Crippen molar-refractivity contribution in [2.75, 3.05) is 31.5 Å². The SMILES string of the molecule is C#CCn1cc(-c2cnc3c(Nc4cc(C)c(C(=O)N5CCN(C(=O)[C@H]6C[C@@H](N)C6)CC5)c(F)c4)nccn23)c(C(F)(F)F)n1. The number of imidazole rings is 1. The van der Waals surface area contributed by atoms with Crippen molar-refractivity contribution in [1.29, 1.82) is 0 Å². The van der Waals surface area contributed by atoms with Gasteiger partial charge in [0, 0.05) is 62.4 Å². The second-order valence-electron chi connectivity index (χ2n) is 11.2. The van der Waals surface area contributed by atoms with Crippen LogP contribution in [0.2, 0.25) is 0 Å². The molecule has 0 bridgehead atoms. The van der Waals surface area contributed by atoms with Gasteiger partial charge in [-0.3, -0.25) is 18.7 Å². The Bertz CT molecular complexity index is 1800. The number of alkyl halides is 3. The number of hydrogen-bond donors (Lipinski definition) is 2. The molecule has 1 saturated heterocycles. The molecule has 2 aliphatic rings. The average molecular weight is 624 g/mol. The third-order valence-corrected chi connectivity index (χ3v) is 8.15. The minimum absolute atomic E-state index is 0.0505. The predicted molar refractivity (Wildman–Crippen MR) is 156 cm³/mol. The van der Waals surface area contributed by atoms with Crippen LogP contribution in [0.4, 0.5) is 29.1 Å². The number of nitrogens with one attached hydrogen (secondary N) is 1. The highest BCUT2D eigenvalue weighted by Gasteiger charge is 2.39. The van der Waals surface area contributed by atoms with Crippen molar-refractivity contribution in [2.24, 2.45) is 11.7 Å². The Kier molecular flexibility index (Phi) is 7.69. The number of nitrogens with zero attached hydrogens (tertiary/aromatic N) is 7. The number of anilines is 2. The lowest BCUT2D eigenvalue weighted by Gasteiger charge is -2.40. The molecular formula is C30H29F4N9O2. The molecule has 4 aromatic rings. The second kappa shape index (κ2) is 11.5. The first-order chi connectivity index (χ1) is 21.4. The van der Waals surface area contributed by atoms with Crippen LogP contribution in [0.5, 0.6) is 0 Å². The number of rotatable bonds is 6. The molecule has 0 unspecified atom stereocenters. The quantitative estimate of drug-likeness (QED) is 0.249. The van der Waals surface area contributed by atoms with Gasteiger partial charge in [0.1, 0.15) is 12.4 Å². The fourth-order valence-corrected chi connectivity index (χ4v) is 5.83. The van der Waals surface area contributed by atoms with Gasteiger partial charge in [0.25, 0.3) is 5.91 Å². The molecule has 234 valence electrons. The van der Waals surface area contributed by atoms with E-state index in [0.29, 0.717) is 31.5 Å². The Labute approximate surface area is 255 Å². The summed E-state index contributed by atoms with van der Waals surface area (Å²) in [5.74, 6) is 1.18. The first kappa shape index (κ1) is 30.1. The molecule has 45 heavy (non-hydrogen) atoms. The summed E-state index contributed by atoms with van der Waals surface area (Å²) in [5, 5.41) is 6.58. The van der Waals surface area contributed by atoms with Crippen LogP contribution in [0.1, 0.15) is 34.5 Å². The fraction of sp³-hybridized carbons (Fsp3) is 0.367. The topological polar surface area (TPSA) is 127 Å². The van der Waals surface area contributed by atoms with E-state index >= 15 is 4.39 Å². The van der Waals surface area contributed by atoms with Gasteiger partial charge >= 0.3 is 6.18 Å². The van der Waals surface area contributed by atoms with Crippen LogP contribution in [0, 0.1) is 31.0 Å². The molecule has 1 aliphatic carbocycles. The molecule has 15 heteroatoms. The lowest BCUT2D eigenvalue weighted by molar-refractivity contribution is -0.141. The van der Waals surface area contributed by atoms with Gasteiger partial charge in [-0.15, -0.1) is 6.42 Å². The zero-order valence-corrected chi connectivity index (χ0v) is 24.2. The third-order valence-electron chi connectivity index (χ3n) is 8.15. The first-order valence-corrected chi connectivity index (χ1v) is 14.3. The number of terminal acetylenes is 1. The highest BCUT2D eigenvalue weighted by atomic mass is 19.4. The molecule has 2 fully saturated rings. The smallest absolute Gasteiger partial charge is 0.339 e. The lowest BCUT2D eigenvalue weighted by atomic mass is 9.80. The van der Waals surface area contributed by atoms with E-state index in [0.717, 1.165) is 10.7 Å². The molecule has 3 N–H and O–H groups in total. The van der Waals surface area contributed by atoms with Gasteiger partial charge in [-0.25, -0.2) is 14.4 Å². The molecule has 4 heterocycles. The number of carbonyl (C=O) groups is 2. The number of fused-ring (bicyclic) bond motifs is 1. The second-order valence-corrected chi connectivity index (χ2v) is 11.2. The van der Waals surface area contributed by atoms with Crippen LogP contribution in [-0.2, 0) is 17.5 Å². The van der Waals surface area contributed by atoms with Gasteiger partial charge in [0.05, 0.1) is 23.0 Å². The minimum Gasteiger partial charge on any atom is -0.339 e. The van der Waals surface area contributed by atoms with E-state index < -0.39 is 23.6 Å². The Balaban J connectivity index is 1.20. The maximum atomic E-state index is 15.4. The Morgan fingerprint density at radius 2 is 1.84 bits per heavy atom. The van der Waals surface area contributed by atoms with Gasteiger partial charge in [-0.05, 0) is 37.5 Å². The van der Waals surface area contributed by atoms with Crippen molar-refractivity contribution < 1.29 is 27.2 Å². The van der Waals surface area contributed by atoms with E-state index in [1.165, 1.54) is 34.1 Å². The molecular weight excluding hydrogens is 594 g/mol. The van der Waals surface area contributed by atoms with Crippen molar-refractivity contribution >= 4 is 29.0 Å². The zero-order chi connectivity index (χ0) is 32.0. The number of benzene rings is 1. The van der Waals surface area contributed by atoms with E-state index in [1.807, 2.05) is 0 Å². The number of halogens is 4. The van der Waals surface area contributed by atoms with Crippen LogP contribution in [0.25, 0.3) is 16.9 Å². The van der Waals surface area contributed by atoms with E-state index in [9.17, 15) is 22.8 Å². The maximum absolute atomic E-state index is 15.4. The number of carbonyl (C=O) groups excluding carboxylic acids is 2. The van der Waals surface area contributed by atoms with Gasteiger partial charge in [0.2, 0.25) is 5.91 Å². The van der Waals surface area contributed by atoms with Gasteiger partial charge < -0.3 is 20.9 Å². The molecule has 1 aromatic carbocycles. The van der Waals surface area contributed by atoms with Crippen molar-refractivity contribution in [3.8, 4) is 23.6 Å². The molecule has 0 atom stereocenters. The summed E-state index contributed by atoms with van der Waals surface area (Å²) >= 11 is 0. The number of aromatic nitrogens is 5. The van der Waals surface area contributed by atoms with Gasteiger partial charge in [-0.1, -0.05) is 5.92 Å². The molecule has 2 amide bonds. The molecule has 6 rings (SSSR count). The highest BCUT2D eigenvalue weighted by Crippen LogP contribution is 2.37. The van der Waals surface area contributed by atoms with Crippen molar-refractivity contribution in [1.82, 2.24) is 33.9 Å². The predicted octanol–water partition coefficient (Wildman–Crippen LogP) is 3.46. The van der Waals surface area contributed by atoms with Crippen LogP contribution < -0.4 is 11.1 Å². The number of piperazine rings is 1. The first-order valence-electron chi connectivity index (χ1n) is 14.3. The summed E-state index contributed by atoms with van der Waals surface area (Å²) in [6.45, 7) is 2.77. The maximum Gasteiger partial charge on any atom is 0.435 e. The monoisotopic (exact) mass is 623 g/mol. The Morgan fingerprint density at radius 1 is 1.13 bits per heavy atom. The molecule has 0 spiro atoms. The fourth-order valence-electron chi connectivity index (χ4n) is 5.83. The van der Waals surface area contributed by atoms with E-state index in [1.54, 1.807) is 17.9 Å². The molecule has 11 nitrogen and oxygen atoms in total. The highest BCUT2D eigenvalue weighted by molar-refractivity contribution is 5.97. The van der Waals surface area contributed by atoms with Crippen molar-refractivity contribution in [2.45, 2.75) is 38.5 Å². The normalized spacial score (nSPS) is 18.5. The zero-order valence-electron chi connectivity index (χ0n) is 24.2. The minimum atomic E-state index is -4.74. The summed E-state index contributed by atoms with van der Waals surface area (Å²) in [4.78, 5) is 37.7. The average Bonchev–Trinajstić information content (AvgIpc) is 3.60. The summed E-state index contributed by atoms with van der Waals surface area (Å²) in [6, 6.07) is 2.80.